The van der Waals surface area contributed by atoms with Gasteiger partial charge in [0.2, 0.25) is 0 Å². The van der Waals surface area contributed by atoms with Gasteiger partial charge in [-0.05, 0) is 108 Å². The van der Waals surface area contributed by atoms with Crippen LogP contribution in [-0.4, -0.2) is 72.1 Å². The summed E-state index contributed by atoms with van der Waals surface area (Å²) in [5, 5.41) is 22.4. The Morgan fingerprint density at radius 1 is 0.531 bits per heavy atom. The van der Waals surface area contributed by atoms with Crippen LogP contribution in [0.2, 0.25) is 10.0 Å². The van der Waals surface area contributed by atoms with Crippen LogP contribution < -0.4 is 9.47 Å². The van der Waals surface area contributed by atoms with Crippen molar-refractivity contribution in [3.05, 3.63) is 164 Å². The second-order valence-corrected chi connectivity index (χ2v) is 21.8. The molecule has 4 heterocycles. The van der Waals surface area contributed by atoms with Gasteiger partial charge in [-0.25, -0.2) is 16.8 Å². The molecule has 4 aromatic heterocycles. The fraction of sp³-hybridized carbons (Fsp3) is 0.217. The van der Waals surface area contributed by atoms with Crippen molar-refractivity contribution < 1.29 is 26.3 Å². The number of aromatic nitrogens is 6. The van der Waals surface area contributed by atoms with Gasteiger partial charge in [-0.2, -0.15) is 0 Å². The zero-order chi connectivity index (χ0) is 45.4. The molecule has 0 amide bonds. The summed E-state index contributed by atoms with van der Waals surface area (Å²) < 4.78 is 66.9. The maximum Gasteiger partial charge on any atom is 0.178 e. The number of rotatable bonds is 16. The predicted octanol–water partition coefficient (Wildman–Crippen LogP) is 10.2. The number of hydrogen-bond acceptors (Lipinski definition) is 12. The van der Waals surface area contributed by atoms with Gasteiger partial charge in [0.25, 0.3) is 0 Å². The lowest BCUT2D eigenvalue weighted by Gasteiger charge is -2.16. The highest BCUT2D eigenvalue weighted by Gasteiger charge is 2.26. The van der Waals surface area contributed by atoms with E-state index in [1.807, 2.05) is 110 Å². The quantitative estimate of drug-likeness (QED) is 0.0916. The standard InChI is InChI=1S/2C23H22ClN3O3S2/c2*1-16-5-3-6-19(30-2)22(16)27-21(25-26-23(27)20-7-4-13-31-20)15-32(28,29)14-12-17-8-10-18(24)11-9-17/h2*3-11,13H,12,14-15H2,1-2H3. The third-order valence-corrected chi connectivity index (χ3v) is 15.4. The van der Waals surface area contributed by atoms with E-state index in [-0.39, 0.29) is 23.0 Å². The molecule has 0 N–H and O–H groups in total. The first kappa shape index (κ1) is 46.6. The van der Waals surface area contributed by atoms with Gasteiger partial charge in [0.1, 0.15) is 23.0 Å². The Morgan fingerprint density at radius 2 is 0.922 bits per heavy atom. The van der Waals surface area contributed by atoms with Crippen LogP contribution in [0.1, 0.15) is 33.9 Å². The first-order chi connectivity index (χ1) is 30.8. The Hall–Kier alpha value is -5.36. The molecule has 0 radical (unpaired) electrons. The zero-order valence-electron chi connectivity index (χ0n) is 35.3. The maximum absolute atomic E-state index is 13.0. The van der Waals surface area contributed by atoms with Gasteiger partial charge >= 0.3 is 0 Å². The molecule has 0 fully saturated rings. The van der Waals surface area contributed by atoms with Gasteiger partial charge in [0.15, 0.2) is 43.0 Å². The van der Waals surface area contributed by atoms with Crippen molar-refractivity contribution in [1.29, 1.82) is 0 Å². The second kappa shape index (κ2) is 20.6. The number of sulfone groups is 2. The fourth-order valence-corrected chi connectivity index (χ4v) is 11.2. The molecular formula is C46H44Cl2N6O6S4. The third-order valence-electron chi connectivity index (χ3n) is 10.2. The summed E-state index contributed by atoms with van der Waals surface area (Å²) in [6.45, 7) is 3.91. The van der Waals surface area contributed by atoms with Gasteiger partial charge in [0.05, 0.1) is 46.9 Å². The van der Waals surface area contributed by atoms with E-state index in [2.05, 4.69) is 20.4 Å². The van der Waals surface area contributed by atoms with Crippen LogP contribution in [0.15, 0.2) is 120 Å². The SMILES string of the molecule is COc1cccc(C)c1-n1c(CS(=O)(=O)CCc2ccc(Cl)cc2)nnc1-c1cccs1.COc1cccc(C)c1-n1c(CS(=O)(=O)CCc2ccc(Cl)cc2)nnc1-c1cccs1. The lowest BCUT2D eigenvalue weighted by molar-refractivity contribution is 0.412. The smallest absolute Gasteiger partial charge is 0.178 e. The first-order valence-corrected chi connectivity index (χ1v) is 26.1. The van der Waals surface area contributed by atoms with E-state index < -0.39 is 19.7 Å². The van der Waals surface area contributed by atoms with Crippen molar-refractivity contribution in [2.75, 3.05) is 25.7 Å². The van der Waals surface area contributed by atoms with E-state index in [1.54, 1.807) is 47.6 Å². The molecule has 8 rings (SSSR count). The van der Waals surface area contributed by atoms with Crippen LogP contribution in [0.3, 0.4) is 0 Å². The van der Waals surface area contributed by atoms with Crippen LogP contribution in [-0.2, 0) is 44.0 Å². The van der Waals surface area contributed by atoms with E-state index in [0.717, 1.165) is 43.4 Å². The molecule has 12 nitrogen and oxygen atoms in total. The molecule has 18 heteroatoms. The number of benzene rings is 4. The number of methoxy groups -OCH3 is 2. The average Bonchev–Trinajstić information content (AvgIpc) is 4.12. The molecular weight excluding hydrogens is 932 g/mol. The van der Waals surface area contributed by atoms with E-state index in [1.165, 1.54) is 22.7 Å². The minimum atomic E-state index is -3.46. The number of ether oxygens (including phenoxy) is 2. The van der Waals surface area contributed by atoms with Gasteiger partial charge in [-0.3, -0.25) is 9.13 Å². The number of hydrogen-bond donors (Lipinski definition) is 0. The molecule has 0 spiro atoms. The first-order valence-electron chi connectivity index (χ1n) is 19.9. The summed E-state index contributed by atoms with van der Waals surface area (Å²) in [5.41, 5.74) is 5.18. The summed E-state index contributed by atoms with van der Waals surface area (Å²) in [7, 11) is -3.72. The molecule has 0 aliphatic carbocycles. The van der Waals surface area contributed by atoms with E-state index in [0.29, 0.717) is 57.7 Å². The molecule has 0 aliphatic rings. The van der Waals surface area contributed by atoms with Crippen LogP contribution >= 0.6 is 45.9 Å². The number of thiophene rings is 2. The number of halogens is 2. The lowest BCUT2D eigenvalue weighted by Crippen LogP contribution is -2.16. The summed E-state index contributed by atoms with van der Waals surface area (Å²) in [6.07, 6.45) is 0.804. The van der Waals surface area contributed by atoms with Crippen LogP contribution in [0.5, 0.6) is 11.5 Å². The number of para-hydroxylation sites is 2. The topological polar surface area (TPSA) is 148 Å². The molecule has 0 aliphatic heterocycles. The Balaban J connectivity index is 0.000000191. The van der Waals surface area contributed by atoms with E-state index in [9.17, 15) is 16.8 Å². The van der Waals surface area contributed by atoms with Crippen molar-refractivity contribution >= 4 is 65.5 Å². The van der Waals surface area contributed by atoms with E-state index in [4.69, 9.17) is 32.7 Å². The van der Waals surface area contributed by atoms with Crippen molar-refractivity contribution in [2.24, 2.45) is 0 Å². The van der Waals surface area contributed by atoms with Gasteiger partial charge < -0.3 is 9.47 Å². The fourth-order valence-electron chi connectivity index (χ4n) is 6.97. The van der Waals surface area contributed by atoms with Crippen molar-refractivity contribution in [3.8, 4) is 44.3 Å². The molecule has 64 heavy (non-hydrogen) atoms. The Kier molecular flexibility index (Phi) is 15.0. The van der Waals surface area contributed by atoms with Crippen LogP contribution in [0, 0.1) is 13.8 Å². The molecule has 0 bridgehead atoms. The third kappa shape index (κ3) is 11.3. The highest BCUT2D eigenvalue weighted by molar-refractivity contribution is 7.90. The Bertz CT molecular complexity index is 2840. The Morgan fingerprint density at radius 3 is 1.27 bits per heavy atom. The lowest BCUT2D eigenvalue weighted by atomic mass is 10.1. The maximum atomic E-state index is 13.0. The predicted molar refractivity (Wildman–Crippen MR) is 257 cm³/mol. The molecule has 0 saturated heterocycles. The zero-order valence-corrected chi connectivity index (χ0v) is 40.1. The van der Waals surface area contributed by atoms with Gasteiger partial charge in [-0.1, -0.05) is 83.9 Å². The van der Waals surface area contributed by atoms with Crippen molar-refractivity contribution in [2.45, 2.75) is 38.2 Å². The van der Waals surface area contributed by atoms with Crippen molar-refractivity contribution in [1.82, 2.24) is 29.5 Å². The largest absolute Gasteiger partial charge is 0.495 e. The van der Waals surface area contributed by atoms with Crippen LogP contribution in [0.4, 0.5) is 0 Å². The van der Waals surface area contributed by atoms with Crippen LogP contribution in [0.25, 0.3) is 32.8 Å². The monoisotopic (exact) mass is 974 g/mol. The average molecular weight is 976 g/mol. The van der Waals surface area contributed by atoms with Crippen molar-refractivity contribution in [3.63, 3.8) is 0 Å². The summed E-state index contributed by atoms with van der Waals surface area (Å²) in [6, 6.07) is 33.5. The second-order valence-electron chi connectivity index (χ2n) is 14.7. The highest BCUT2D eigenvalue weighted by Crippen LogP contribution is 2.35. The summed E-state index contributed by atoms with van der Waals surface area (Å²) >= 11 is 14.9. The molecule has 8 aromatic rings. The Labute approximate surface area is 391 Å². The normalized spacial score (nSPS) is 11.6. The minimum Gasteiger partial charge on any atom is -0.495 e. The minimum absolute atomic E-state index is 0.000729. The van der Waals surface area contributed by atoms with E-state index >= 15 is 0 Å². The number of aryl methyl sites for hydroxylation is 4. The molecule has 0 saturated carbocycles. The van der Waals surface area contributed by atoms with Gasteiger partial charge in [0, 0.05) is 10.0 Å². The molecule has 0 unspecified atom stereocenters. The molecule has 332 valence electrons. The summed E-state index contributed by atoms with van der Waals surface area (Å²) in [5.74, 6) is 2.71. The molecule has 0 atom stereocenters. The molecule has 4 aromatic carbocycles. The van der Waals surface area contributed by atoms with Gasteiger partial charge in [-0.15, -0.1) is 43.1 Å². The highest BCUT2D eigenvalue weighted by atomic mass is 35.5. The number of nitrogens with zero attached hydrogens (tertiary/aromatic N) is 6. The summed E-state index contributed by atoms with van der Waals surface area (Å²) in [4.78, 5) is 1.79.